The molecule has 0 aromatic heterocycles. The molecular formula is C19H29F2N3O3. The Hall–Kier alpha value is -1.44. The van der Waals surface area contributed by atoms with Crippen LogP contribution in [0, 0.1) is 5.41 Å². The van der Waals surface area contributed by atoms with Crippen LogP contribution in [-0.4, -0.2) is 82.0 Å². The smallest absolute Gasteiger partial charge is 0.407 e. The van der Waals surface area contributed by atoms with Crippen molar-refractivity contribution in [3.63, 3.8) is 0 Å². The minimum atomic E-state index is -2.61. The summed E-state index contributed by atoms with van der Waals surface area (Å²) in [6.07, 6.45) is 3.52. The fraction of sp³-hybridized carbons (Fsp3) is 0.895. The Morgan fingerprint density at radius 2 is 1.67 bits per heavy atom. The van der Waals surface area contributed by atoms with Crippen LogP contribution in [0.25, 0.3) is 0 Å². The first-order valence-electron chi connectivity index (χ1n) is 10.1. The molecule has 152 valence electrons. The summed E-state index contributed by atoms with van der Waals surface area (Å²) in [6, 6.07) is 0.267. The zero-order valence-corrected chi connectivity index (χ0v) is 15.9. The molecule has 0 aromatic rings. The van der Waals surface area contributed by atoms with Crippen molar-refractivity contribution < 1.29 is 23.5 Å². The van der Waals surface area contributed by atoms with Crippen molar-refractivity contribution in [2.45, 2.75) is 75.9 Å². The molecule has 4 aliphatic rings. The molecule has 0 aromatic carbocycles. The molecule has 2 saturated heterocycles. The normalized spacial score (nSPS) is 30.8. The summed E-state index contributed by atoms with van der Waals surface area (Å²) in [5, 5.41) is 9.14. The van der Waals surface area contributed by atoms with Gasteiger partial charge in [-0.25, -0.2) is 13.6 Å². The standard InChI is InChI=1S/C19H29F2N3O3/c1-13(25)24(16-10-19(20,21)11-16)14-2-5-22(6-3-14)15-8-18(9-15)4-7-23(12-18)17(26)27/h14-16H,2-12H2,1H3,(H,26,27). The molecule has 2 aliphatic carbocycles. The Morgan fingerprint density at radius 3 is 2.15 bits per heavy atom. The Balaban J connectivity index is 1.26. The molecule has 4 fully saturated rings. The van der Waals surface area contributed by atoms with Gasteiger partial charge in [0.1, 0.15) is 0 Å². The molecule has 2 aliphatic heterocycles. The van der Waals surface area contributed by atoms with Gasteiger partial charge in [-0.05, 0) is 37.5 Å². The summed E-state index contributed by atoms with van der Waals surface area (Å²) in [4.78, 5) is 28.9. The zero-order valence-electron chi connectivity index (χ0n) is 15.9. The van der Waals surface area contributed by atoms with Crippen molar-refractivity contribution >= 4 is 12.0 Å². The first kappa shape index (κ1) is 18.9. The third-order valence-corrected chi connectivity index (χ3v) is 7.28. The number of likely N-dealkylation sites (tertiary alicyclic amines) is 2. The van der Waals surface area contributed by atoms with E-state index in [0.29, 0.717) is 19.1 Å². The van der Waals surface area contributed by atoms with Crippen molar-refractivity contribution in [3.05, 3.63) is 0 Å². The number of rotatable bonds is 3. The summed E-state index contributed by atoms with van der Waals surface area (Å²) in [6.45, 7) is 4.57. The van der Waals surface area contributed by atoms with Gasteiger partial charge < -0.3 is 19.8 Å². The Kier molecular flexibility index (Phi) is 4.60. The number of amides is 2. The predicted octanol–water partition coefficient (Wildman–Crippen LogP) is 2.63. The summed E-state index contributed by atoms with van der Waals surface area (Å²) in [5.41, 5.74) is 0.169. The number of carboxylic acid groups (broad SMARTS) is 1. The van der Waals surface area contributed by atoms with Crippen LogP contribution in [-0.2, 0) is 4.79 Å². The van der Waals surface area contributed by atoms with Crippen LogP contribution in [0.2, 0.25) is 0 Å². The molecule has 2 amide bonds. The average Bonchev–Trinajstić information content (AvgIpc) is 2.98. The largest absolute Gasteiger partial charge is 0.465 e. The quantitative estimate of drug-likeness (QED) is 0.811. The van der Waals surface area contributed by atoms with Gasteiger partial charge in [-0.1, -0.05) is 0 Å². The van der Waals surface area contributed by atoms with Crippen LogP contribution >= 0.6 is 0 Å². The highest BCUT2D eigenvalue weighted by Gasteiger charge is 2.53. The SMILES string of the molecule is CC(=O)N(C1CCN(C2CC3(CCN(C(=O)O)C3)C2)CC1)C1CC(F)(F)C1. The molecule has 2 saturated carbocycles. The topological polar surface area (TPSA) is 64.1 Å². The fourth-order valence-corrected chi connectivity index (χ4v) is 5.80. The molecule has 4 rings (SSSR count). The van der Waals surface area contributed by atoms with E-state index in [9.17, 15) is 18.4 Å². The lowest BCUT2D eigenvalue weighted by Gasteiger charge is -2.53. The molecule has 0 radical (unpaired) electrons. The number of carbonyl (C=O) groups is 2. The molecule has 0 unspecified atom stereocenters. The van der Waals surface area contributed by atoms with Gasteiger partial charge in [-0.2, -0.15) is 0 Å². The minimum Gasteiger partial charge on any atom is -0.465 e. The first-order chi connectivity index (χ1) is 12.7. The van der Waals surface area contributed by atoms with Crippen molar-refractivity contribution in [1.29, 1.82) is 0 Å². The van der Waals surface area contributed by atoms with Gasteiger partial charge >= 0.3 is 6.09 Å². The van der Waals surface area contributed by atoms with Crippen LogP contribution in [0.3, 0.4) is 0 Å². The predicted molar refractivity (Wildman–Crippen MR) is 94.8 cm³/mol. The van der Waals surface area contributed by atoms with Gasteiger partial charge in [0.2, 0.25) is 5.91 Å². The maximum absolute atomic E-state index is 13.2. The molecular weight excluding hydrogens is 356 g/mol. The summed E-state index contributed by atoms with van der Waals surface area (Å²) in [5.74, 6) is -2.69. The summed E-state index contributed by atoms with van der Waals surface area (Å²) < 4.78 is 26.5. The summed E-state index contributed by atoms with van der Waals surface area (Å²) in [7, 11) is 0. The highest BCUT2D eigenvalue weighted by atomic mass is 19.3. The fourth-order valence-electron chi connectivity index (χ4n) is 5.80. The van der Waals surface area contributed by atoms with E-state index >= 15 is 0 Å². The molecule has 1 spiro atoms. The van der Waals surface area contributed by atoms with Gasteiger partial charge in [0.05, 0.1) is 0 Å². The average molecular weight is 385 g/mol. The second-order valence-corrected chi connectivity index (χ2v) is 9.13. The number of nitrogens with zero attached hydrogens (tertiary/aromatic N) is 3. The summed E-state index contributed by atoms with van der Waals surface area (Å²) >= 11 is 0. The van der Waals surface area contributed by atoms with Gasteiger partial charge in [0, 0.05) is 64.1 Å². The number of halogens is 2. The molecule has 2 heterocycles. The number of hydrogen-bond acceptors (Lipinski definition) is 3. The molecule has 27 heavy (non-hydrogen) atoms. The van der Waals surface area contributed by atoms with E-state index in [0.717, 1.165) is 45.2 Å². The van der Waals surface area contributed by atoms with E-state index in [1.807, 2.05) is 0 Å². The highest BCUT2D eigenvalue weighted by molar-refractivity contribution is 5.74. The molecule has 6 nitrogen and oxygen atoms in total. The number of piperidine rings is 1. The van der Waals surface area contributed by atoms with Crippen molar-refractivity contribution in [3.8, 4) is 0 Å². The maximum atomic E-state index is 13.2. The molecule has 0 bridgehead atoms. The van der Waals surface area contributed by atoms with E-state index < -0.39 is 12.0 Å². The molecule has 0 atom stereocenters. The van der Waals surface area contributed by atoms with Crippen molar-refractivity contribution in [1.82, 2.24) is 14.7 Å². The monoisotopic (exact) mass is 385 g/mol. The van der Waals surface area contributed by atoms with E-state index in [-0.39, 0.29) is 36.2 Å². The van der Waals surface area contributed by atoms with E-state index in [4.69, 9.17) is 5.11 Å². The Morgan fingerprint density at radius 1 is 1.04 bits per heavy atom. The van der Waals surface area contributed by atoms with Gasteiger partial charge in [0.25, 0.3) is 5.92 Å². The second-order valence-electron chi connectivity index (χ2n) is 9.13. The number of alkyl halides is 2. The zero-order chi connectivity index (χ0) is 19.4. The lowest BCUT2D eigenvalue weighted by molar-refractivity contribution is -0.159. The Bertz CT molecular complexity index is 607. The third-order valence-electron chi connectivity index (χ3n) is 7.28. The van der Waals surface area contributed by atoms with Crippen LogP contribution in [0.15, 0.2) is 0 Å². The molecule has 8 heteroatoms. The van der Waals surface area contributed by atoms with Crippen molar-refractivity contribution in [2.75, 3.05) is 26.2 Å². The lowest BCUT2D eigenvalue weighted by Crippen LogP contribution is -2.60. The van der Waals surface area contributed by atoms with Crippen molar-refractivity contribution in [2.24, 2.45) is 5.41 Å². The van der Waals surface area contributed by atoms with Crippen LogP contribution < -0.4 is 0 Å². The maximum Gasteiger partial charge on any atom is 0.407 e. The van der Waals surface area contributed by atoms with E-state index in [2.05, 4.69) is 4.90 Å². The number of carbonyl (C=O) groups excluding carboxylic acids is 1. The highest BCUT2D eigenvalue weighted by Crippen LogP contribution is 2.50. The Labute approximate surface area is 158 Å². The number of hydrogen-bond donors (Lipinski definition) is 1. The van der Waals surface area contributed by atoms with Crippen LogP contribution in [0.5, 0.6) is 0 Å². The second kappa shape index (κ2) is 6.57. The van der Waals surface area contributed by atoms with Crippen LogP contribution in [0.1, 0.15) is 51.9 Å². The van der Waals surface area contributed by atoms with E-state index in [1.165, 1.54) is 11.8 Å². The first-order valence-corrected chi connectivity index (χ1v) is 10.1. The third kappa shape index (κ3) is 3.52. The van der Waals surface area contributed by atoms with Gasteiger partial charge in [-0.3, -0.25) is 4.79 Å². The van der Waals surface area contributed by atoms with Gasteiger partial charge in [-0.15, -0.1) is 0 Å². The lowest BCUT2D eigenvalue weighted by atomic mass is 9.64. The molecule has 1 N–H and O–H groups in total. The van der Waals surface area contributed by atoms with Gasteiger partial charge in [0.15, 0.2) is 0 Å². The van der Waals surface area contributed by atoms with Crippen LogP contribution in [0.4, 0.5) is 13.6 Å². The minimum absolute atomic E-state index is 0.0721. The van der Waals surface area contributed by atoms with E-state index in [1.54, 1.807) is 4.90 Å².